The van der Waals surface area contributed by atoms with Crippen molar-refractivity contribution in [2.24, 2.45) is 0 Å². The summed E-state index contributed by atoms with van der Waals surface area (Å²) in [5.74, 6) is -0.487. The standard InChI is InChI=1S/C18H18FNO/c1-12-9-14(19)11-15(10-12)20-18(21)17-8-4-6-13-5-2-3-7-16(13)17/h4,6,8-11H,2-3,5,7H2,1H3,(H,20,21). The lowest BCUT2D eigenvalue weighted by molar-refractivity contribution is 0.102. The van der Waals surface area contributed by atoms with Crippen LogP contribution in [-0.2, 0) is 12.8 Å². The molecule has 2 nitrogen and oxygen atoms in total. The molecule has 1 amide bonds. The summed E-state index contributed by atoms with van der Waals surface area (Å²) < 4.78 is 13.4. The predicted molar refractivity (Wildman–Crippen MR) is 82.2 cm³/mol. The van der Waals surface area contributed by atoms with Crippen LogP contribution in [0.15, 0.2) is 36.4 Å². The number of aryl methyl sites for hydroxylation is 2. The molecule has 0 atom stereocenters. The minimum atomic E-state index is -0.333. The number of fused-ring (bicyclic) bond motifs is 1. The van der Waals surface area contributed by atoms with Crippen LogP contribution < -0.4 is 5.32 Å². The lowest BCUT2D eigenvalue weighted by atomic mass is 9.88. The molecule has 1 N–H and O–H groups in total. The second-order valence-corrected chi connectivity index (χ2v) is 5.62. The van der Waals surface area contributed by atoms with Crippen molar-refractivity contribution in [3.05, 3.63) is 64.5 Å². The van der Waals surface area contributed by atoms with Gasteiger partial charge in [0.2, 0.25) is 0 Å². The maximum atomic E-state index is 13.4. The first-order valence-corrected chi connectivity index (χ1v) is 7.33. The van der Waals surface area contributed by atoms with E-state index in [1.54, 1.807) is 6.07 Å². The zero-order valence-corrected chi connectivity index (χ0v) is 12.1. The highest BCUT2D eigenvalue weighted by atomic mass is 19.1. The quantitative estimate of drug-likeness (QED) is 0.876. The normalized spacial score (nSPS) is 13.6. The highest BCUT2D eigenvalue weighted by Gasteiger charge is 2.17. The van der Waals surface area contributed by atoms with E-state index in [0.717, 1.165) is 30.4 Å². The molecule has 1 aliphatic rings. The first-order chi connectivity index (χ1) is 10.1. The number of anilines is 1. The van der Waals surface area contributed by atoms with E-state index in [4.69, 9.17) is 0 Å². The molecular weight excluding hydrogens is 265 g/mol. The van der Waals surface area contributed by atoms with Crippen LogP contribution in [0.25, 0.3) is 0 Å². The monoisotopic (exact) mass is 283 g/mol. The first kappa shape index (κ1) is 13.8. The summed E-state index contributed by atoms with van der Waals surface area (Å²) in [4.78, 5) is 12.5. The van der Waals surface area contributed by atoms with Gasteiger partial charge < -0.3 is 5.32 Å². The van der Waals surface area contributed by atoms with Crippen LogP contribution in [-0.4, -0.2) is 5.91 Å². The Kier molecular flexibility index (Phi) is 3.74. The Bertz CT molecular complexity index is 673. The Morgan fingerprint density at radius 3 is 2.76 bits per heavy atom. The van der Waals surface area contributed by atoms with Crippen LogP contribution in [0.2, 0.25) is 0 Å². The molecular formula is C18H18FNO. The molecule has 0 heterocycles. The molecule has 0 spiro atoms. The molecule has 3 heteroatoms. The van der Waals surface area contributed by atoms with Gasteiger partial charge in [-0.2, -0.15) is 0 Å². The fourth-order valence-electron chi connectivity index (χ4n) is 3.00. The van der Waals surface area contributed by atoms with E-state index in [-0.39, 0.29) is 11.7 Å². The van der Waals surface area contributed by atoms with E-state index < -0.39 is 0 Å². The van der Waals surface area contributed by atoms with Gasteiger partial charge in [0.1, 0.15) is 5.82 Å². The van der Waals surface area contributed by atoms with Crippen molar-refractivity contribution in [1.29, 1.82) is 0 Å². The minimum absolute atomic E-state index is 0.154. The highest BCUT2D eigenvalue weighted by Crippen LogP contribution is 2.25. The van der Waals surface area contributed by atoms with Crippen LogP contribution in [0.4, 0.5) is 10.1 Å². The Hall–Kier alpha value is -2.16. The molecule has 0 bridgehead atoms. The van der Waals surface area contributed by atoms with Gasteiger partial charge in [0.05, 0.1) is 0 Å². The Morgan fingerprint density at radius 2 is 1.95 bits per heavy atom. The van der Waals surface area contributed by atoms with E-state index in [1.165, 1.54) is 24.1 Å². The van der Waals surface area contributed by atoms with Crippen molar-refractivity contribution >= 4 is 11.6 Å². The van der Waals surface area contributed by atoms with Crippen LogP contribution in [0.5, 0.6) is 0 Å². The topological polar surface area (TPSA) is 29.1 Å². The van der Waals surface area contributed by atoms with Gasteiger partial charge in [0.15, 0.2) is 0 Å². The summed E-state index contributed by atoms with van der Waals surface area (Å²) >= 11 is 0. The summed E-state index contributed by atoms with van der Waals surface area (Å²) in [7, 11) is 0. The second kappa shape index (κ2) is 5.68. The van der Waals surface area contributed by atoms with Gasteiger partial charge in [-0.05, 0) is 73.6 Å². The van der Waals surface area contributed by atoms with Crippen molar-refractivity contribution in [2.45, 2.75) is 32.6 Å². The molecule has 108 valence electrons. The fraction of sp³-hybridized carbons (Fsp3) is 0.278. The average molecular weight is 283 g/mol. The summed E-state index contributed by atoms with van der Waals surface area (Å²) in [6.45, 7) is 1.81. The van der Waals surface area contributed by atoms with Crippen LogP contribution in [0.3, 0.4) is 0 Å². The molecule has 0 aliphatic heterocycles. The average Bonchev–Trinajstić information content (AvgIpc) is 2.45. The van der Waals surface area contributed by atoms with E-state index >= 15 is 0 Å². The molecule has 21 heavy (non-hydrogen) atoms. The van der Waals surface area contributed by atoms with Crippen molar-refractivity contribution in [3.8, 4) is 0 Å². The number of rotatable bonds is 2. The van der Waals surface area contributed by atoms with E-state index in [9.17, 15) is 9.18 Å². The summed E-state index contributed by atoms with van der Waals surface area (Å²) in [5, 5.41) is 2.81. The van der Waals surface area contributed by atoms with Gasteiger partial charge in [0.25, 0.3) is 5.91 Å². The molecule has 3 rings (SSSR count). The van der Waals surface area contributed by atoms with Gasteiger partial charge in [-0.25, -0.2) is 4.39 Å². The summed E-state index contributed by atoms with van der Waals surface area (Å²) in [6, 6.07) is 10.4. The summed E-state index contributed by atoms with van der Waals surface area (Å²) in [5.41, 5.74) is 4.43. The molecule has 1 aliphatic carbocycles. The molecule has 0 saturated carbocycles. The Labute approximate surface area is 124 Å². The molecule has 2 aromatic rings. The fourth-order valence-corrected chi connectivity index (χ4v) is 3.00. The summed E-state index contributed by atoms with van der Waals surface area (Å²) in [6.07, 6.45) is 4.29. The van der Waals surface area contributed by atoms with E-state index in [0.29, 0.717) is 11.3 Å². The van der Waals surface area contributed by atoms with Crippen molar-refractivity contribution in [3.63, 3.8) is 0 Å². The van der Waals surface area contributed by atoms with E-state index in [1.807, 2.05) is 19.1 Å². The van der Waals surface area contributed by atoms with E-state index in [2.05, 4.69) is 11.4 Å². The van der Waals surface area contributed by atoms with Crippen molar-refractivity contribution in [1.82, 2.24) is 0 Å². The molecule has 2 aromatic carbocycles. The lowest BCUT2D eigenvalue weighted by Crippen LogP contribution is -2.17. The third-order valence-electron chi connectivity index (χ3n) is 3.94. The van der Waals surface area contributed by atoms with Gasteiger partial charge in [-0.15, -0.1) is 0 Å². The number of amides is 1. The van der Waals surface area contributed by atoms with Gasteiger partial charge in [-0.3, -0.25) is 4.79 Å². The predicted octanol–water partition coefficient (Wildman–Crippen LogP) is 4.27. The number of halogens is 1. The van der Waals surface area contributed by atoms with Crippen molar-refractivity contribution in [2.75, 3.05) is 5.32 Å². The molecule has 0 unspecified atom stereocenters. The van der Waals surface area contributed by atoms with Crippen molar-refractivity contribution < 1.29 is 9.18 Å². The number of carbonyl (C=O) groups is 1. The number of hydrogen-bond donors (Lipinski definition) is 1. The van der Waals surface area contributed by atoms with Crippen LogP contribution in [0, 0.1) is 12.7 Å². The zero-order chi connectivity index (χ0) is 14.8. The maximum absolute atomic E-state index is 13.4. The lowest BCUT2D eigenvalue weighted by Gasteiger charge is -2.19. The molecule has 0 fully saturated rings. The largest absolute Gasteiger partial charge is 0.322 e. The van der Waals surface area contributed by atoms with Crippen LogP contribution >= 0.6 is 0 Å². The molecule has 0 aromatic heterocycles. The molecule has 0 saturated heterocycles. The molecule has 0 radical (unpaired) electrons. The number of hydrogen-bond acceptors (Lipinski definition) is 1. The highest BCUT2D eigenvalue weighted by molar-refractivity contribution is 6.05. The maximum Gasteiger partial charge on any atom is 0.255 e. The second-order valence-electron chi connectivity index (χ2n) is 5.62. The Morgan fingerprint density at radius 1 is 1.14 bits per heavy atom. The number of benzene rings is 2. The smallest absolute Gasteiger partial charge is 0.255 e. The zero-order valence-electron chi connectivity index (χ0n) is 12.1. The first-order valence-electron chi connectivity index (χ1n) is 7.33. The SMILES string of the molecule is Cc1cc(F)cc(NC(=O)c2cccc3c2CCCC3)c1. The van der Waals surface area contributed by atoms with Crippen LogP contribution in [0.1, 0.15) is 39.9 Å². The third kappa shape index (κ3) is 2.97. The van der Waals surface area contributed by atoms with Gasteiger partial charge >= 0.3 is 0 Å². The Balaban J connectivity index is 1.89. The minimum Gasteiger partial charge on any atom is -0.322 e. The van der Waals surface area contributed by atoms with Gasteiger partial charge in [0, 0.05) is 11.3 Å². The van der Waals surface area contributed by atoms with Gasteiger partial charge in [-0.1, -0.05) is 12.1 Å². The number of nitrogens with one attached hydrogen (secondary N) is 1. The third-order valence-corrected chi connectivity index (χ3v) is 3.94. The number of carbonyl (C=O) groups excluding carboxylic acids is 1.